The topological polar surface area (TPSA) is 81.2 Å². The Balaban J connectivity index is 1.45. The Morgan fingerprint density at radius 2 is 1.65 bits per heavy atom. The van der Waals surface area contributed by atoms with E-state index in [1.165, 1.54) is 5.56 Å². The second-order valence-corrected chi connectivity index (χ2v) is 8.27. The van der Waals surface area contributed by atoms with Crippen molar-refractivity contribution < 1.29 is 14.3 Å². The number of fused-ring (bicyclic) bond motifs is 1. The van der Waals surface area contributed by atoms with Crippen LogP contribution >= 0.6 is 0 Å². The molecule has 0 aliphatic heterocycles. The van der Waals surface area contributed by atoms with E-state index in [0.717, 1.165) is 12.8 Å². The Bertz CT molecular complexity index is 1280. The van der Waals surface area contributed by atoms with E-state index in [1.807, 2.05) is 67.6 Å². The minimum Gasteiger partial charge on any atom is -0.449 e. The van der Waals surface area contributed by atoms with Crippen molar-refractivity contribution in [2.24, 2.45) is 0 Å². The highest BCUT2D eigenvalue weighted by Crippen LogP contribution is 2.24. The number of nitrogens with one attached hydrogen (secondary N) is 1. The van der Waals surface area contributed by atoms with Gasteiger partial charge in [-0.2, -0.15) is 0 Å². The number of aryl methyl sites for hydroxylation is 1. The second-order valence-electron chi connectivity index (χ2n) is 8.27. The molecule has 2 atom stereocenters. The van der Waals surface area contributed by atoms with Gasteiger partial charge in [0.15, 0.2) is 6.10 Å². The molecule has 0 radical (unpaired) electrons. The maximum absolute atomic E-state index is 13.1. The number of esters is 1. The van der Waals surface area contributed by atoms with E-state index in [2.05, 4.69) is 27.4 Å². The number of carbonyl (C=O) groups excluding carboxylic acids is 2. The number of rotatable bonds is 8. The van der Waals surface area contributed by atoms with Gasteiger partial charge in [0.2, 0.25) is 0 Å². The van der Waals surface area contributed by atoms with Crippen LogP contribution in [0, 0.1) is 0 Å². The quantitative estimate of drug-likeness (QED) is 0.381. The van der Waals surface area contributed by atoms with Gasteiger partial charge < -0.3 is 10.1 Å². The molecule has 0 bridgehead atoms. The Morgan fingerprint density at radius 3 is 2.41 bits per heavy atom. The minimum atomic E-state index is -0.933. The first-order valence-electron chi connectivity index (χ1n) is 11.4. The number of para-hydroxylation sites is 1. The summed E-state index contributed by atoms with van der Waals surface area (Å²) in [6.45, 7) is 3.53. The average molecular weight is 454 g/mol. The Hall–Kier alpha value is -4.06. The van der Waals surface area contributed by atoms with Crippen LogP contribution in [0.25, 0.3) is 22.3 Å². The van der Waals surface area contributed by atoms with Gasteiger partial charge in [-0.3, -0.25) is 9.78 Å². The molecule has 0 fully saturated rings. The molecule has 0 aliphatic rings. The van der Waals surface area contributed by atoms with Gasteiger partial charge >= 0.3 is 5.97 Å². The minimum absolute atomic E-state index is 0.0497. The smallest absolute Gasteiger partial charge is 0.339 e. The van der Waals surface area contributed by atoms with Gasteiger partial charge in [0.25, 0.3) is 5.91 Å². The molecule has 6 heteroatoms. The third-order valence-electron chi connectivity index (χ3n) is 5.61. The third kappa shape index (κ3) is 5.64. The molecule has 4 aromatic rings. The van der Waals surface area contributed by atoms with Gasteiger partial charge in [-0.1, -0.05) is 54.6 Å². The summed E-state index contributed by atoms with van der Waals surface area (Å²) in [5.74, 6) is -0.896. The van der Waals surface area contributed by atoms with Crippen LogP contribution in [-0.4, -0.2) is 34.0 Å². The normalized spacial score (nSPS) is 12.6. The SMILES string of the molecule is C[C@H](CCc1ccccc1)NC(=O)[C@@H](C)OC(=O)c1cc(-c2ccccn2)nc2ccccc12. The van der Waals surface area contributed by atoms with Crippen molar-refractivity contribution in [1.29, 1.82) is 0 Å². The first kappa shape index (κ1) is 23.1. The van der Waals surface area contributed by atoms with Crippen LogP contribution < -0.4 is 5.32 Å². The number of hydrogen-bond donors (Lipinski definition) is 1. The Labute approximate surface area is 199 Å². The lowest BCUT2D eigenvalue weighted by Gasteiger charge is -2.18. The van der Waals surface area contributed by atoms with Gasteiger partial charge in [-0.05, 0) is 56.5 Å². The number of hydrogen-bond acceptors (Lipinski definition) is 5. The van der Waals surface area contributed by atoms with Crippen LogP contribution in [0.2, 0.25) is 0 Å². The van der Waals surface area contributed by atoms with E-state index in [-0.39, 0.29) is 11.9 Å². The maximum Gasteiger partial charge on any atom is 0.339 e. The summed E-state index contributed by atoms with van der Waals surface area (Å²) in [4.78, 5) is 34.8. The summed E-state index contributed by atoms with van der Waals surface area (Å²) in [5.41, 5.74) is 3.45. The molecule has 4 rings (SSSR count). The van der Waals surface area contributed by atoms with Gasteiger partial charge in [0.05, 0.1) is 22.5 Å². The van der Waals surface area contributed by atoms with Crippen LogP contribution in [0.4, 0.5) is 0 Å². The first-order valence-corrected chi connectivity index (χ1v) is 11.4. The molecule has 0 unspecified atom stereocenters. The molecular formula is C28H27N3O3. The van der Waals surface area contributed by atoms with Crippen molar-refractivity contribution >= 4 is 22.8 Å². The molecule has 0 aliphatic carbocycles. The number of pyridine rings is 2. The molecule has 34 heavy (non-hydrogen) atoms. The van der Waals surface area contributed by atoms with Crippen LogP contribution in [0.3, 0.4) is 0 Å². The first-order chi connectivity index (χ1) is 16.5. The molecule has 2 aromatic carbocycles. The second kappa shape index (κ2) is 10.7. The highest BCUT2D eigenvalue weighted by atomic mass is 16.5. The van der Waals surface area contributed by atoms with Crippen molar-refractivity contribution in [2.45, 2.75) is 38.8 Å². The molecule has 1 amide bonds. The van der Waals surface area contributed by atoms with Gasteiger partial charge in [0.1, 0.15) is 0 Å². The van der Waals surface area contributed by atoms with E-state index in [9.17, 15) is 9.59 Å². The number of amides is 1. The molecule has 2 aromatic heterocycles. The molecule has 6 nitrogen and oxygen atoms in total. The fourth-order valence-electron chi connectivity index (χ4n) is 3.73. The number of nitrogens with zero attached hydrogens (tertiary/aromatic N) is 2. The van der Waals surface area contributed by atoms with Gasteiger partial charge in [-0.15, -0.1) is 0 Å². The fourth-order valence-corrected chi connectivity index (χ4v) is 3.73. The van der Waals surface area contributed by atoms with Crippen molar-refractivity contribution in [3.05, 3.63) is 96.2 Å². The largest absolute Gasteiger partial charge is 0.449 e. The van der Waals surface area contributed by atoms with Gasteiger partial charge in [0, 0.05) is 17.6 Å². The van der Waals surface area contributed by atoms with E-state index in [0.29, 0.717) is 27.9 Å². The lowest BCUT2D eigenvalue weighted by molar-refractivity contribution is -0.129. The molecular weight excluding hydrogens is 426 g/mol. The number of benzene rings is 2. The van der Waals surface area contributed by atoms with Crippen molar-refractivity contribution in [2.75, 3.05) is 0 Å². The summed E-state index contributed by atoms with van der Waals surface area (Å²) >= 11 is 0. The number of aromatic nitrogens is 2. The molecule has 1 N–H and O–H groups in total. The molecule has 0 spiro atoms. The molecule has 2 heterocycles. The van der Waals surface area contributed by atoms with E-state index >= 15 is 0 Å². The lowest BCUT2D eigenvalue weighted by Crippen LogP contribution is -2.41. The summed E-state index contributed by atoms with van der Waals surface area (Å²) in [7, 11) is 0. The highest BCUT2D eigenvalue weighted by molar-refractivity contribution is 6.05. The summed E-state index contributed by atoms with van der Waals surface area (Å²) in [5, 5.41) is 3.61. The summed E-state index contributed by atoms with van der Waals surface area (Å²) < 4.78 is 5.56. The standard InChI is InChI=1S/C28H27N3O3/c1-19(15-16-21-10-4-3-5-11-21)30-27(32)20(2)34-28(33)23-18-26(25-14-8-9-17-29-25)31-24-13-7-6-12-22(23)24/h3-14,17-20H,15-16H2,1-2H3,(H,30,32)/t19-,20-/m1/s1. The zero-order valence-corrected chi connectivity index (χ0v) is 19.3. The van der Waals surface area contributed by atoms with E-state index < -0.39 is 12.1 Å². The number of carbonyl (C=O) groups is 2. The molecule has 172 valence electrons. The van der Waals surface area contributed by atoms with Crippen molar-refractivity contribution in [3.8, 4) is 11.4 Å². The van der Waals surface area contributed by atoms with Crippen LogP contribution in [-0.2, 0) is 16.0 Å². The van der Waals surface area contributed by atoms with Crippen LogP contribution in [0.5, 0.6) is 0 Å². The fraction of sp³-hybridized carbons (Fsp3) is 0.214. The predicted molar refractivity (Wildman–Crippen MR) is 132 cm³/mol. The third-order valence-corrected chi connectivity index (χ3v) is 5.61. The Morgan fingerprint density at radius 1 is 0.912 bits per heavy atom. The monoisotopic (exact) mass is 453 g/mol. The van der Waals surface area contributed by atoms with Crippen LogP contribution in [0.15, 0.2) is 85.1 Å². The molecule has 0 saturated heterocycles. The number of ether oxygens (including phenoxy) is 1. The van der Waals surface area contributed by atoms with Crippen molar-refractivity contribution in [3.63, 3.8) is 0 Å². The van der Waals surface area contributed by atoms with Gasteiger partial charge in [-0.25, -0.2) is 9.78 Å². The average Bonchev–Trinajstić information content (AvgIpc) is 2.87. The van der Waals surface area contributed by atoms with Crippen LogP contribution in [0.1, 0.15) is 36.2 Å². The Kier molecular flexibility index (Phi) is 7.28. The van der Waals surface area contributed by atoms with Crippen molar-refractivity contribution in [1.82, 2.24) is 15.3 Å². The lowest BCUT2D eigenvalue weighted by atomic mass is 10.1. The predicted octanol–water partition coefficient (Wildman–Crippen LogP) is 4.98. The zero-order chi connectivity index (χ0) is 23.9. The highest BCUT2D eigenvalue weighted by Gasteiger charge is 2.22. The maximum atomic E-state index is 13.1. The summed E-state index contributed by atoms with van der Waals surface area (Å²) in [6, 6.07) is 24.6. The van der Waals surface area contributed by atoms with E-state index in [1.54, 1.807) is 19.2 Å². The summed E-state index contributed by atoms with van der Waals surface area (Å²) in [6.07, 6.45) is 2.39. The molecule has 0 saturated carbocycles. The zero-order valence-electron chi connectivity index (χ0n) is 19.3. The van der Waals surface area contributed by atoms with E-state index in [4.69, 9.17) is 4.74 Å².